The topological polar surface area (TPSA) is 35.2 Å². The molecule has 2 nitrogen and oxygen atoms in total. The number of nitrogens with two attached hydrogens (primary N) is 1. The van der Waals surface area contributed by atoms with Crippen molar-refractivity contribution < 1.29 is 13.5 Å². The van der Waals surface area contributed by atoms with Crippen molar-refractivity contribution in [3.8, 4) is 5.75 Å². The summed E-state index contributed by atoms with van der Waals surface area (Å²) >= 11 is 0. The first-order valence-corrected chi connectivity index (χ1v) is 4.52. The maximum atomic E-state index is 12.7. The summed E-state index contributed by atoms with van der Waals surface area (Å²) in [6, 6.07) is 3.33. The zero-order valence-electron chi connectivity index (χ0n) is 7.95. The summed E-state index contributed by atoms with van der Waals surface area (Å²) in [6.45, 7) is 0. The van der Waals surface area contributed by atoms with Crippen LogP contribution in [0, 0.1) is 11.6 Å². The molecule has 1 fully saturated rings. The van der Waals surface area contributed by atoms with Gasteiger partial charge in [-0.25, -0.2) is 8.78 Å². The molecule has 0 bridgehead atoms. The summed E-state index contributed by atoms with van der Waals surface area (Å²) in [5.41, 5.74) is 5.55. The van der Waals surface area contributed by atoms with E-state index in [0.29, 0.717) is 0 Å². The van der Waals surface area contributed by atoms with Crippen LogP contribution in [0.4, 0.5) is 8.78 Å². The van der Waals surface area contributed by atoms with Crippen molar-refractivity contribution >= 4 is 12.4 Å². The Morgan fingerprint density at radius 1 is 1.13 bits per heavy atom. The van der Waals surface area contributed by atoms with Gasteiger partial charge in [0.2, 0.25) is 0 Å². The van der Waals surface area contributed by atoms with Gasteiger partial charge in [-0.1, -0.05) is 0 Å². The molecule has 2 N–H and O–H groups in total. The normalized spacial score (nSPS) is 23.9. The molecule has 84 valence electrons. The van der Waals surface area contributed by atoms with Gasteiger partial charge in [0, 0.05) is 24.2 Å². The van der Waals surface area contributed by atoms with Crippen molar-refractivity contribution in [3.63, 3.8) is 0 Å². The lowest BCUT2D eigenvalue weighted by molar-refractivity contribution is 0.100. The number of ether oxygens (including phenoxy) is 1. The Kier molecular flexibility index (Phi) is 3.88. The minimum absolute atomic E-state index is 0. The average molecular weight is 236 g/mol. The Hall–Kier alpha value is -0.870. The van der Waals surface area contributed by atoms with Gasteiger partial charge in [0.15, 0.2) is 0 Å². The van der Waals surface area contributed by atoms with Gasteiger partial charge < -0.3 is 10.5 Å². The largest absolute Gasteiger partial charge is 0.490 e. The van der Waals surface area contributed by atoms with E-state index in [9.17, 15) is 8.78 Å². The van der Waals surface area contributed by atoms with Crippen LogP contribution in [0.3, 0.4) is 0 Å². The molecule has 0 aromatic heterocycles. The Morgan fingerprint density at radius 3 is 2.13 bits per heavy atom. The van der Waals surface area contributed by atoms with Gasteiger partial charge in [-0.3, -0.25) is 0 Å². The molecule has 0 saturated heterocycles. The van der Waals surface area contributed by atoms with E-state index in [0.717, 1.165) is 18.9 Å². The minimum atomic E-state index is -0.622. The van der Waals surface area contributed by atoms with E-state index in [4.69, 9.17) is 10.5 Å². The molecular formula is C10H12ClF2NO. The quantitative estimate of drug-likeness (QED) is 0.854. The molecule has 2 rings (SSSR count). The third kappa shape index (κ3) is 3.04. The number of halogens is 3. The number of benzene rings is 1. The highest BCUT2D eigenvalue weighted by Gasteiger charge is 2.27. The highest BCUT2D eigenvalue weighted by Crippen LogP contribution is 2.25. The predicted octanol–water partition coefficient (Wildman–Crippen LogP) is 2.26. The summed E-state index contributed by atoms with van der Waals surface area (Å²) in [4.78, 5) is 0. The van der Waals surface area contributed by atoms with Gasteiger partial charge in [0.1, 0.15) is 23.5 Å². The molecule has 0 heterocycles. The van der Waals surface area contributed by atoms with E-state index in [1.807, 2.05) is 0 Å². The van der Waals surface area contributed by atoms with E-state index < -0.39 is 11.6 Å². The Bertz CT molecular complexity index is 322. The van der Waals surface area contributed by atoms with E-state index in [1.165, 1.54) is 12.1 Å². The zero-order chi connectivity index (χ0) is 10.1. The maximum Gasteiger partial charge on any atom is 0.129 e. The van der Waals surface area contributed by atoms with Crippen molar-refractivity contribution in [3.05, 3.63) is 29.8 Å². The molecule has 1 aliphatic carbocycles. The van der Waals surface area contributed by atoms with Crippen molar-refractivity contribution in [2.75, 3.05) is 0 Å². The lowest BCUT2D eigenvalue weighted by atomic mass is 9.90. The second-order valence-corrected chi connectivity index (χ2v) is 3.58. The fourth-order valence-electron chi connectivity index (χ4n) is 1.49. The Labute approximate surface area is 92.8 Å². The SMILES string of the molecule is Cl.N[C@H]1C[C@H](Oc2cc(F)cc(F)c2)C1. The first-order chi connectivity index (χ1) is 6.63. The molecule has 1 aromatic carbocycles. The maximum absolute atomic E-state index is 12.7. The van der Waals surface area contributed by atoms with E-state index in [-0.39, 0.29) is 30.3 Å². The molecular weight excluding hydrogens is 224 g/mol. The van der Waals surface area contributed by atoms with Gasteiger partial charge in [0.25, 0.3) is 0 Å². The van der Waals surface area contributed by atoms with Crippen LogP contribution in [0.25, 0.3) is 0 Å². The fraction of sp³-hybridized carbons (Fsp3) is 0.400. The highest BCUT2D eigenvalue weighted by atomic mass is 35.5. The molecule has 0 radical (unpaired) electrons. The monoisotopic (exact) mass is 235 g/mol. The molecule has 15 heavy (non-hydrogen) atoms. The van der Waals surface area contributed by atoms with Crippen molar-refractivity contribution in [1.82, 2.24) is 0 Å². The Morgan fingerprint density at radius 2 is 1.67 bits per heavy atom. The van der Waals surface area contributed by atoms with Gasteiger partial charge in [-0.2, -0.15) is 0 Å². The molecule has 1 saturated carbocycles. The third-order valence-electron chi connectivity index (χ3n) is 2.27. The highest BCUT2D eigenvalue weighted by molar-refractivity contribution is 5.85. The first-order valence-electron chi connectivity index (χ1n) is 4.52. The van der Waals surface area contributed by atoms with Crippen LogP contribution in [0.2, 0.25) is 0 Å². The van der Waals surface area contributed by atoms with Crippen molar-refractivity contribution in [2.24, 2.45) is 5.73 Å². The van der Waals surface area contributed by atoms with Crippen molar-refractivity contribution in [2.45, 2.75) is 25.0 Å². The van der Waals surface area contributed by atoms with Gasteiger partial charge >= 0.3 is 0 Å². The van der Waals surface area contributed by atoms with E-state index in [1.54, 1.807) is 0 Å². The molecule has 0 aliphatic heterocycles. The van der Waals surface area contributed by atoms with Crippen LogP contribution in [-0.4, -0.2) is 12.1 Å². The standard InChI is InChI=1S/C10H11F2NO.ClH/c11-6-1-7(12)3-9(2-6)14-10-4-8(13)5-10;/h1-3,8,10H,4-5,13H2;1H/t8-,10-;. The second kappa shape index (κ2) is 4.77. The Balaban J connectivity index is 0.00000112. The first kappa shape index (κ1) is 12.2. The van der Waals surface area contributed by atoms with Gasteiger partial charge in [0.05, 0.1) is 0 Å². The number of hydrogen-bond acceptors (Lipinski definition) is 2. The van der Waals surface area contributed by atoms with Gasteiger partial charge in [-0.05, 0) is 12.8 Å². The molecule has 5 heteroatoms. The zero-order valence-corrected chi connectivity index (χ0v) is 8.77. The predicted molar refractivity (Wildman–Crippen MR) is 55.2 cm³/mol. The van der Waals surface area contributed by atoms with E-state index in [2.05, 4.69) is 0 Å². The van der Waals surface area contributed by atoms with Crippen LogP contribution >= 0.6 is 12.4 Å². The van der Waals surface area contributed by atoms with Crippen LogP contribution in [-0.2, 0) is 0 Å². The third-order valence-corrected chi connectivity index (χ3v) is 2.27. The molecule has 0 atom stereocenters. The van der Waals surface area contributed by atoms with Crippen LogP contribution < -0.4 is 10.5 Å². The molecule has 0 unspecified atom stereocenters. The summed E-state index contributed by atoms with van der Waals surface area (Å²) in [6.07, 6.45) is 1.50. The lowest BCUT2D eigenvalue weighted by Crippen LogP contribution is -2.43. The number of hydrogen-bond donors (Lipinski definition) is 1. The molecule has 0 spiro atoms. The average Bonchev–Trinajstić information content (AvgIpc) is 1.99. The summed E-state index contributed by atoms with van der Waals surface area (Å²) in [7, 11) is 0. The van der Waals surface area contributed by atoms with Gasteiger partial charge in [-0.15, -0.1) is 12.4 Å². The van der Waals surface area contributed by atoms with Crippen LogP contribution in [0.1, 0.15) is 12.8 Å². The molecule has 0 amide bonds. The summed E-state index contributed by atoms with van der Waals surface area (Å²) in [5, 5.41) is 0. The molecule has 1 aromatic rings. The molecule has 1 aliphatic rings. The fourth-order valence-corrected chi connectivity index (χ4v) is 1.49. The minimum Gasteiger partial charge on any atom is -0.490 e. The van der Waals surface area contributed by atoms with Crippen molar-refractivity contribution in [1.29, 1.82) is 0 Å². The second-order valence-electron chi connectivity index (χ2n) is 3.58. The summed E-state index contributed by atoms with van der Waals surface area (Å²) in [5.74, 6) is -1.01. The number of rotatable bonds is 2. The van der Waals surface area contributed by atoms with Crippen LogP contribution in [0.15, 0.2) is 18.2 Å². The van der Waals surface area contributed by atoms with E-state index >= 15 is 0 Å². The summed E-state index contributed by atoms with van der Waals surface area (Å²) < 4.78 is 30.8. The lowest BCUT2D eigenvalue weighted by Gasteiger charge is -2.32. The smallest absolute Gasteiger partial charge is 0.129 e. The van der Waals surface area contributed by atoms with Crippen LogP contribution in [0.5, 0.6) is 5.75 Å².